The average Bonchev–Trinajstić information content (AvgIpc) is 2.87. The van der Waals surface area contributed by atoms with Crippen LogP contribution >= 0.6 is 0 Å². The molecular weight excluding hydrogens is 248 g/mol. The van der Waals surface area contributed by atoms with Crippen molar-refractivity contribution in [3.05, 3.63) is 77.8 Å². The first-order valence-corrected chi connectivity index (χ1v) is 6.45. The van der Waals surface area contributed by atoms with Crippen LogP contribution in [0.2, 0.25) is 0 Å². The maximum Gasteiger partial charge on any atom is 0.185 e. The van der Waals surface area contributed by atoms with Crippen LogP contribution in [0.4, 0.5) is 0 Å². The van der Waals surface area contributed by atoms with Gasteiger partial charge in [-0.1, -0.05) is 30.3 Å². The molecule has 3 rings (SSSR count). The number of ketones is 1. The molecule has 0 radical (unpaired) electrons. The molecule has 0 N–H and O–H groups in total. The Morgan fingerprint density at radius 3 is 2.80 bits per heavy atom. The molecule has 0 bridgehead atoms. The van der Waals surface area contributed by atoms with Gasteiger partial charge < -0.3 is 4.40 Å². The molecule has 1 aromatic carbocycles. The van der Waals surface area contributed by atoms with Crippen molar-refractivity contribution in [2.75, 3.05) is 0 Å². The number of hydrogen-bond acceptors (Lipinski definition) is 2. The van der Waals surface area contributed by atoms with Crippen LogP contribution in [0.3, 0.4) is 0 Å². The first kappa shape index (κ1) is 12.4. The minimum absolute atomic E-state index is 0.0150. The Labute approximate surface area is 117 Å². The summed E-state index contributed by atoms with van der Waals surface area (Å²) in [5.41, 5.74) is 3.51. The molecule has 3 aromatic rings. The molecular formula is C17H14N2O. The highest BCUT2D eigenvalue weighted by Gasteiger charge is 2.02. The van der Waals surface area contributed by atoms with Gasteiger partial charge in [-0.3, -0.25) is 4.79 Å². The van der Waals surface area contributed by atoms with E-state index in [0.717, 1.165) is 11.3 Å². The van der Waals surface area contributed by atoms with Crippen LogP contribution < -0.4 is 0 Å². The van der Waals surface area contributed by atoms with Crippen molar-refractivity contribution in [2.24, 2.45) is 0 Å². The van der Waals surface area contributed by atoms with Crippen molar-refractivity contribution in [1.29, 1.82) is 0 Å². The SMILES string of the molecule is Cc1ccn2cc(/C=C/C(=O)c3ccccc3)nc2c1. The summed E-state index contributed by atoms with van der Waals surface area (Å²) in [6.45, 7) is 2.03. The molecule has 0 saturated carbocycles. The molecule has 3 nitrogen and oxygen atoms in total. The Bertz CT molecular complexity index is 785. The van der Waals surface area contributed by atoms with Gasteiger partial charge in [0.2, 0.25) is 0 Å². The summed E-state index contributed by atoms with van der Waals surface area (Å²) in [5, 5.41) is 0. The van der Waals surface area contributed by atoms with E-state index in [1.165, 1.54) is 5.56 Å². The lowest BCUT2D eigenvalue weighted by Gasteiger charge is -1.92. The quantitative estimate of drug-likeness (QED) is 0.534. The van der Waals surface area contributed by atoms with Gasteiger partial charge in [0.1, 0.15) is 5.65 Å². The summed E-state index contributed by atoms with van der Waals surface area (Å²) in [6, 6.07) is 13.3. The maximum atomic E-state index is 12.0. The molecule has 3 heteroatoms. The molecule has 0 spiro atoms. The smallest absolute Gasteiger partial charge is 0.185 e. The molecule has 2 heterocycles. The van der Waals surface area contributed by atoms with Crippen molar-refractivity contribution in [2.45, 2.75) is 6.92 Å². The summed E-state index contributed by atoms with van der Waals surface area (Å²) in [6.07, 6.45) is 7.18. The number of fused-ring (bicyclic) bond motifs is 1. The van der Waals surface area contributed by atoms with Crippen molar-refractivity contribution in [1.82, 2.24) is 9.38 Å². The molecule has 0 fully saturated rings. The number of carbonyl (C=O) groups excluding carboxylic acids is 1. The Kier molecular flexibility index (Phi) is 3.17. The van der Waals surface area contributed by atoms with E-state index in [9.17, 15) is 4.79 Å². The average molecular weight is 262 g/mol. The highest BCUT2D eigenvalue weighted by atomic mass is 16.1. The monoisotopic (exact) mass is 262 g/mol. The molecule has 0 unspecified atom stereocenters. The van der Waals surface area contributed by atoms with Crippen LogP contribution in [0.5, 0.6) is 0 Å². The number of carbonyl (C=O) groups is 1. The molecule has 0 atom stereocenters. The van der Waals surface area contributed by atoms with Crippen LogP contribution in [-0.2, 0) is 0 Å². The van der Waals surface area contributed by atoms with Gasteiger partial charge in [-0.05, 0) is 36.8 Å². The van der Waals surface area contributed by atoms with Crippen LogP contribution in [0, 0.1) is 6.92 Å². The lowest BCUT2D eigenvalue weighted by atomic mass is 10.1. The first-order valence-electron chi connectivity index (χ1n) is 6.45. The summed E-state index contributed by atoms with van der Waals surface area (Å²) in [5.74, 6) is -0.0150. The Morgan fingerprint density at radius 1 is 1.20 bits per heavy atom. The second-order valence-corrected chi connectivity index (χ2v) is 4.70. The van der Waals surface area contributed by atoms with Crippen LogP contribution in [0.1, 0.15) is 21.6 Å². The second-order valence-electron chi connectivity index (χ2n) is 4.70. The molecule has 0 amide bonds. The van der Waals surface area contributed by atoms with Crippen molar-refractivity contribution in [3.63, 3.8) is 0 Å². The number of aryl methyl sites for hydroxylation is 1. The minimum Gasteiger partial charge on any atom is -0.306 e. The van der Waals surface area contributed by atoms with E-state index >= 15 is 0 Å². The second kappa shape index (κ2) is 5.13. The van der Waals surface area contributed by atoms with Gasteiger partial charge in [-0.15, -0.1) is 0 Å². The molecule has 0 aliphatic heterocycles. The highest BCUT2D eigenvalue weighted by Crippen LogP contribution is 2.09. The van der Waals surface area contributed by atoms with Gasteiger partial charge in [0.05, 0.1) is 5.69 Å². The summed E-state index contributed by atoms with van der Waals surface area (Å²) in [4.78, 5) is 16.4. The van der Waals surface area contributed by atoms with Gasteiger partial charge in [-0.2, -0.15) is 0 Å². The molecule has 2 aromatic heterocycles. The van der Waals surface area contributed by atoms with E-state index in [4.69, 9.17) is 0 Å². The van der Waals surface area contributed by atoms with E-state index in [1.54, 1.807) is 24.3 Å². The van der Waals surface area contributed by atoms with Crippen molar-refractivity contribution >= 4 is 17.5 Å². The fraction of sp³-hybridized carbons (Fsp3) is 0.0588. The third-order valence-electron chi connectivity index (χ3n) is 3.10. The Balaban J connectivity index is 1.85. The largest absolute Gasteiger partial charge is 0.306 e. The molecule has 98 valence electrons. The van der Waals surface area contributed by atoms with Gasteiger partial charge in [0.15, 0.2) is 5.78 Å². The molecule has 20 heavy (non-hydrogen) atoms. The molecule has 0 aliphatic carbocycles. The van der Waals surface area contributed by atoms with Crippen molar-refractivity contribution in [3.8, 4) is 0 Å². The van der Waals surface area contributed by atoms with Crippen molar-refractivity contribution < 1.29 is 4.79 Å². The summed E-state index contributed by atoms with van der Waals surface area (Å²) < 4.78 is 1.94. The Hall–Kier alpha value is -2.68. The standard InChI is InChI=1S/C17H14N2O/c1-13-9-10-19-12-15(18-17(19)11-13)7-8-16(20)14-5-3-2-4-6-14/h2-12H,1H3/b8-7+. The normalized spacial score (nSPS) is 11.2. The first-order chi connectivity index (χ1) is 9.72. The van der Waals surface area contributed by atoms with E-state index in [-0.39, 0.29) is 5.78 Å². The lowest BCUT2D eigenvalue weighted by molar-refractivity contribution is 0.104. The zero-order chi connectivity index (χ0) is 13.9. The third-order valence-corrected chi connectivity index (χ3v) is 3.10. The van der Waals surface area contributed by atoms with Gasteiger partial charge >= 0.3 is 0 Å². The van der Waals surface area contributed by atoms with E-state index in [0.29, 0.717) is 5.56 Å². The highest BCUT2D eigenvalue weighted by molar-refractivity contribution is 6.06. The zero-order valence-electron chi connectivity index (χ0n) is 11.2. The number of allylic oxidation sites excluding steroid dienone is 1. The fourth-order valence-corrected chi connectivity index (χ4v) is 2.04. The zero-order valence-corrected chi connectivity index (χ0v) is 11.2. The third kappa shape index (κ3) is 2.52. The number of hydrogen-bond donors (Lipinski definition) is 0. The lowest BCUT2D eigenvalue weighted by Crippen LogP contribution is -1.92. The number of nitrogens with zero attached hydrogens (tertiary/aromatic N) is 2. The van der Waals surface area contributed by atoms with E-state index in [2.05, 4.69) is 4.98 Å². The fourth-order valence-electron chi connectivity index (χ4n) is 2.04. The predicted octanol–water partition coefficient (Wildman–Crippen LogP) is 3.54. The van der Waals surface area contributed by atoms with Crippen LogP contribution in [0.15, 0.2) is 60.9 Å². The van der Waals surface area contributed by atoms with E-state index < -0.39 is 0 Å². The Morgan fingerprint density at radius 2 is 2.00 bits per heavy atom. The number of benzene rings is 1. The van der Waals surface area contributed by atoms with Crippen LogP contribution in [-0.4, -0.2) is 15.2 Å². The predicted molar refractivity (Wildman–Crippen MR) is 79.7 cm³/mol. The topological polar surface area (TPSA) is 34.4 Å². The number of aromatic nitrogens is 2. The summed E-state index contributed by atoms with van der Waals surface area (Å²) in [7, 11) is 0. The summed E-state index contributed by atoms with van der Waals surface area (Å²) >= 11 is 0. The number of imidazole rings is 1. The van der Waals surface area contributed by atoms with E-state index in [1.807, 2.05) is 54.0 Å². The van der Waals surface area contributed by atoms with Gasteiger partial charge in [0, 0.05) is 18.0 Å². The van der Waals surface area contributed by atoms with Gasteiger partial charge in [-0.25, -0.2) is 4.98 Å². The van der Waals surface area contributed by atoms with Gasteiger partial charge in [0.25, 0.3) is 0 Å². The maximum absolute atomic E-state index is 12.0. The number of pyridine rings is 1. The molecule has 0 aliphatic rings. The minimum atomic E-state index is -0.0150. The number of rotatable bonds is 3. The van der Waals surface area contributed by atoms with Crippen LogP contribution in [0.25, 0.3) is 11.7 Å². The molecule has 0 saturated heterocycles.